The van der Waals surface area contributed by atoms with E-state index in [1.165, 1.54) is 32.1 Å². The largest absolute Gasteiger partial charge is 0.216 e. The summed E-state index contributed by atoms with van der Waals surface area (Å²) in [5.74, 6) is 0.778. The second kappa shape index (κ2) is 4.48. The minimum Gasteiger partial charge on any atom is -0.216 e. The minimum atomic E-state index is 0.675. The zero-order valence-corrected chi connectivity index (χ0v) is 6.35. The third-order valence-corrected chi connectivity index (χ3v) is 2.28. The average Bonchev–Trinajstić information content (AvgIpc) is 2.03. The molecule has 0 aromatic rings. The van der Waals surface area contributed by atoms with Gasteiger partial charge in [0.2, 0.25) is 0 Å². The zero-order valence-electron chi connectivity index (χ0n) is 6.35. The second-order valence-electron chi connectivity index (χ2n) is 3.10. The van der Waals surface area contributed by atoms with E-state index in [1.807, 2.05) is 0 Å². The molecule has 1 saturated carbocycles. The van der Waals surface area contributed by atoms with Gasteiger partial charge in [-0.05, 0) is 12.3 Å². The number of hydrogen-bond acceptors (Lipinski definition) is 0. The van der Waals surface area contributed by atoms with Crippen molar-refractivity contribution in [3.63, 3.8) is 0 Å². The SMILES string of the molecule is FC=CCC1CCCCC1. The van der Waals surface area contributed by atoms with E-state index in [9.17, 15) is 4.39 Å². The van der Waals surface area contributed by atoms with Crippen molar-refractivity contribution < 1.29 is 4.39 Å². The normalized spacial score (nSPS) is 22.1. The highest BCUT2D eigenvalue weighted by molar-refractivity contribution is 4.78. The molecule has 0 aromatic heterocycles. The molecule has 1 fully saturated rings. The first-order valence-corrected chi connectivity index (χ1v) is 4.18. The lowest BCUT2D eigenvalue weighted by Gasteiger charge is -2.19. The highest BCUT2D eigenvalue weighted by Gasteiger charge is 2.10. The van der Waals surface area contributed by atoms with Crippen LogP contribution in [0.1, 0.15) is 38.5 Å². The summed E-state index contributed by atoms with van der Waals surface area (Å²) in [6.45, 7) is 0. The number of hydrogen-bond donors (Lipinski definition) is 0. The van der Waals surface area contributed by atoms with Gasteiger partial charge in [-0.25, -0.2) is 4.39 Å². The maximum Gasteiger partial charge on any atom is 0.0827 e. The van der Waals surface area contributed by atoms with Crippen LogP contribution >= 0.6 is 0 Å². The van der Waals surface area contributed by atoms with Gasteiger partial charge in [-0.1, -0.05) is 38.2 Å². The van der Waals surface area contributed by atoms with E-state index in [1.54, 1.807) is 6.08 Å². The van der Waals surface area contributed by atoms with Gasteiger partial charge in [0.1, 0.15) is 0 Å². The van der Waals surface area contributed by atoms with Crippen LogP contribution in [0.3, 0.4) is 0 Å². The van der Waals surface area contributed by atoms with Crippen LogP contribution in [0.25, 0.3) is 0 Å². The quantitative estimate of drug-likeness (QED) is 0.554. The van der Waals surface area contributed by atoms with Crippen LogP contribution in [0, 0.1) is 5.92 Å². The van der Waals surface area contributed by atoms with Crippen molar-refractivity contribution in [1.29, 1.82) is 0 Å². The number of allylic oxidation sites excluding steroid dienone is 1. The highest BCUT2D eigenvalue weighted by atomic mass is 19.1. The van der Waals surface area contributed by atoms with Gasteiger partial charge in [0.15, 0.2) is 0 Å². The van der Waals surface area contributed by atoms with E-state index >= 15 is 0 Å². The molecule has 0 unspecified atom stereocenters. The lowest BCUT2D eigenvalue weighted by atomic mass is 9.87. The van der Waals surface area contributed by atoms with E-state index in [4.69, 9.17) is 0 Å². The van der Waals surface area contributed by atoms with Crippen molar-refractivity contribution in [2.45, 2.75) is 38.5 Å². The zero-order chi connectivity index (χ0) is 7.23. The topological polar surface area (TPSA) is 0 Å². The van der Waals surface area contributed by atoms with Crippen LogP contribution in [-0.4, -0.2) is 0 Å². The maximum atomic E-state index is 11.6. The van der Waals surface area contributed by atoms with Crippen molar-refractivity contribution in [2.75, 3.05) is 0 Å². The number of rotatable bonds is 2. The molecule has 0 bridgehead atoms. The van der Waals surface area contributed by atoms with Crippen LogP contribution in [0.5, 0.6) is 0 Å². The molecule has 0 aromatic carbocycles. The molecule has 0 atom stereocenters. The Morgan fingerprint density at radius 1 is 1.20 bits per heavy atom. The molecule has 0 saturated heterocycles. The molecule has 58 valence electrons. The van der Waals surface area contributed by atoms with Gasteiger partial charge in [0.25, 0.3) is 0 Å². The van der Waals surface area contributed by atoms with Gasteiger partial charge in [0.05, 0.1) is 6.33 Å². The fourth-order valence-corrected chi connectivity index (χ4v) is 1.67. The van der Waals surface area contributed by atoms with Gasteiger partial charge in [-0.15, -0.1) is 0 Å². The van der Waals surface area contributed by atoms with Crippen LogP contribution < -0.4 is 0 Å². The lowest BCUT2D eigenvalue weighted by Crippen LogP contribution is -2.04. The van der Waals surface area contributed by atoms with Crippen LogP contribution in [0.15, 0.2) is 12.4 Å². The van der Waals surface area contributed by atoms with Gasteiger partial charge in [0, 0.05) is 0 Å². The highest BCUT2D eigenvalue weighted by Crippen LogP contribution is 2.26. The summed E-state index contributed by atoms with van der Waals surface area (Å²) in [5.41, 5.74) is 0. The van der Waals surface area contributed by atoms with Crippen molar-refractivity contribution in [3.8, 4) is 0 Å². The molecule has 1 heteroatoms. The standard InChI is InChI=1S/C9H15F/c10-8-4-7-9-5-2-1-3-6-9/h4,8-9H,1-3,5-7H2. The third kappa shape index (κ3) is 2.51. The molecule has 1 aliphatic carbocycles. The van der Waals surface area contributed by atoms with Crippen LogP contribution in [-0.2, 0) is 0 Å². The molecule has 0 nitrogen and oxygen atoms in total. The maximum absolute atomic E-state index is 11.6. The molecule has 0 amide bonds. The lowest BCUT2D eigenvalue weighted by molar-refractivity contribution is 0.360. The van der Waals surface area contributed by atoms with Crippen molar-refractivity contribution in [2.24, 2.45) is 5.92 Å². The Balaban J connectivity index is 2.13. The van der Waals surface area contributed by atoms with E-state index in [0.717, 1.165) is 12.3 Å². The fourth-order valence-electron chi connectivity index (χ4n) is 1.67. The molecule has 0 radical (unpaired) electrons. The first-order chi connectivity index (χ1) is 4.93. The van der Waals surface area contributed by atoms with Crippen molar-refractivity contribution in [1.82, 2.24) is 0 Å². The Bertz CT molecular complexity index is 101. The van der Waals surface area contributed by atoms with Crippen molar-refractivity contribution >= 4 is 0 Å². The van der Waals surface area contributed by atoms with Crippen molar-refractivity contribution in [3.05, 3.63) is 12.4 Å². The molecular formula is C9H15F. The summed E-state index contributed by atoms with van der Waals surface area (Å²) in [7, 11) is 0. The van der Waals surface area contributed by atoms with E-state index in [0.29, 0.717) is 6.33 Å². The summed E-state index contributed by atoms with van der Waals surface area (Å²) in [5, 5.41) is 0. The summed E-state index contributed by atoms with van der Waals surface area (Å²) in [6, 6.07) is 0. The monoisotopic (exact) mass is 142 g/mol. The summed E-state index contributed by atoms with van der Waals surface area (Å²) in [6.07, 6.45) is 9.99. The summed E-state index contributed by atoms with van der Waals surface area (Å²) in [4.78, 5) is 0. The molecule has 0 heterocycles. The first kappa shape index (κ1) is 7.77. The molecular weight excluding hydrogens is 127 g/mol. The van der Waals surface area contributed by atoms with Crippen LogP contribution in [0.2, 0.25) is 0 Å². The number of halogens is 1. The second-order valence-corrected chi connectivity index (χ2v) is 3.10. The average molecular weight is 142 g/mol. The Hall–Kier alpha value is -0.330. The van der Waals surface area contributed by atoms with Crippen LogP contribution in [0.4, 0.5) is 4.39 Å². The van der Waals surface area contributed by atoms with Gasteiger partial charge in [-0.2, -0.15) is 0 Å². The molecule has 0 spiro atoms. The van der Waals surface area contributed by atoms with E-state index < -0.39 is 0 Å². The van der Waals surface area contributed by atoms with Gasteiger partial charge >= 0.3 is 0 Å². The predicted molar refractivity (Wildman–Crippen MR) is 41.4 cm³/mol. The van der Waals surface area contributed by atoms with E-state index in [2.05, 4.69) is 0 Å². The van der Waals surface area contributed by atoms with E-state index in [-0.39, 0.29) is 0 Å². The minimum absolute atomic E-state index is 0.675. The first-order valence-electron chi connectivity index (χ1n) is 4.18. The molecule has 1 rings (SSSR count). The Kier molecular flexibility index (Phi) is 3.48. The predicted octanol–water partition coefficient (Wildman–Crippen LogP) is 3.44. The van der Waals surface area contributed by atoms with Gasteiger partial charge < -0.3 is 0 Å². The summed E-state index contributed by atoms with van der Waals surface area (Å²) < 4.78 is 11.6. The molecule has 10 heavy (non-hydrogen) atoms. The Labute approximate surface area is 62.1 Å². The summed E-state index contributed by atoms with van der Waals surface area (Å²) >= 11 is 0. The molecule has 0 N–H and O–H groups in total. The third-order valence-electron chi connectivity index (χ3n) is 2.28. The Morgan fingerprint density at radius 3 is 2.50 bits per heavy atom. The fraction of sp³-hybridized carbons (Fsp3) is 0.778. The molecule has 1 aliphatic rings. The molecule has 0 aliphatic heterocycles. The smallest absolute Gasteiger partial charge is 0.0827 e. The van der Waals surface area contributed by atoms with Gasteiger partial charge in [-0.3, -0.25) is 0 Å². The Morgan fingerprint density at radius 2 is 1.90 bits per heavy atom.